The Kier molecular flexibility index (Phi) is 3.75. The Morgan fingerprint density at radius 1 is 1.00 bits per heavy atom. The molecule has 1 unspecified atom stereocenters. The quantitative estimate of drug-likeness (QED) is 0.887. The molecule has 25 heavy (non-hydrogen) atoms. The number of rotatable bonds is 3. The molecular formula is C21H23N3O. The number of nitrogens with one attached hydrogen (secondary N) is 1. The molecule has 2 heterocycles. The van der Waals surface area contributed by atoms with Crippen molar-refractivity contribution in [1.82, 2.24) is 4.90 Å². The average Bonchev–Trinajstić information content (AvgIpc) is 2.65. The fourth-order valence-corrected chi connectivity index (χ4v) is 4.13. The fourth-order valence-electron chi connectivity index (χ4n) is 4.13. The highest BCUT2D eigenvalue weighted by atomic mass is 16.2. The summed E-state index contributed by atoms with van der Waals surface area (Å²) in [5.74, 6) is 0. The Balaban J connectivity index is 2.00. The molecule has 1 atom stereocenters. The highest BCUT2D eigenvalue weighted by Gasteiger charge is 2.49. The lowest BCUT2D eigenvalue weighted by atomic mass is 9.86. The van der Waals surface area contributed by atoms with Crippen molar-refractivity contribution in [3.05, 3.63) is 65.7 Å². The van der Waals surface area contributed by atoms with Gasteiger partial charge in [-0.2, -0.15) is 0 Å². The largest absolute Gasteiger partial charge is 0.341 e. The van der Waals surface area contributed by atoms with E-state index in [9.17, 15) is 4.79 Å². The Bertz CT molecular complexity index is 845. The van der Waals surface area contributed by atoms with Crippen LogP contribution in [0.15, 0.2) is 54.6 Å². The topological polar surface area (TPSA) is 35.6 Å². The van der Waals surface area contributed by atoms with E-state index >= 15 is 0 Å². The summed E-state index contributed by atoms with van der Waals surface area (Å²) in [6.07, 6.45) is 5.25. The molecule has 2 aromatic carbocycles. The predicted molar refractivity (Wildman–Crippen MR) is 103 cm³/mol. The normalized spacial score (nSPS) is 21.1. The third-order valence-electron chi connectivity index (χ3n) is 5.12. The summed E-state index contributed by atoms with van der Waals surface area (Å²) in [6.45, 7) is 5.77. The molecule has 0 fully saturated rings. The number of carbonyl (C=O) groups excluding carboxylic acids is 1. The predicted octanol–water partition coefficient (Wildman–Crippen LogP) is 4.65. The highest BCUT2D eigenvalue weighted by molar-refractivity contribution is 5.96. The Morgan fingerprint density at radius 3 is 2.56 bits per heavy atom. The van der Waals surface area contributed by atoms with Gasteiger partial charge in [-0.15, -0.1) is 0 Å². The van der Waals surface area contributed by atoms with Crippen molar-refractivity contribution >= 4 is 23.5 Å². The Morgan fingerprint density at radius 2 is 1.76 bits per heavy atom. The number of hydrogen-bond donors (Lipinski definition) is 1. The van der Waals surface area contributed by atoms with E-state index in [2.05, 4.69) is 66.5 Å². The van der Waals surface area contributed by atoms with Gasteiger partial charge in [-0.3, -0.25) is 4.90 Å². The first-order valence-corrected chi connectivity index (χ1v) is 8.96. The molecule has 0 aliphatic carbocycles. The van der Waals surface area contributed by atoms with Crippen molar-refractivity contribution in [3.63, 3.8) is 0 Å². The van der Waals surface area contributed by atoms with Crippen molar-refractivity contribution < 1.29 is 4.79 Å². The minimum Gasteiger partial charge on any atom is -0.341 e. The maximum Gasteiger partial charge on any atom is 0.324 e. The van der Waals surface area contributed by atoms with Gasteiger partial charge in [-0.05, 0) is 37.1 Å². The van der Waals surface area contributed by atoms with Crippen molar-refractivity contribution in [2.45, 2.75) is 25.9 Å². The van der Waals surface area contributed by atoms with E-state index in [1.54, 1.807) is 0 Å². The van der Waals surface area contributed by atoms with Gasteiger partial charge >= 0.3 is 6.03 Å². The monoisotopic (exact) mass is 333 g/mol. The number of amides is 2. The second-order valence-corrected chi connectivity index (χ2v) is 6.49. The van der Waals surface area contributed by atoms with Crippen LogP contribution in [-0.2, 0) is 5.66 Å². The van der Waals surface area contributed by atoms with Crippen LogP contribution in [0.5, 0.6) is 0 Å². The smallest absolute Gasteiger partial charge is 0.324 e. The highest BCUT2D eigenvalue weighted by Crippen LogP contribution is 2.47. The number of likely N-dealkylation sites (N-methyl/N-ethyl adjacent to an activating group) is 1. The molecule has 128 valence electrons. The molecule has 1 spiro atoms. The van der Waals surface area contributed by atoms with Crippen molar-refractivity contribution in [3.8, 4) is 0 Å². The van der Waals surface area contributed by atoms with Crippen LogP contribution in [0.3, 0.4) is 0 Å². The number of anilines is 2. The fraction of sp³-hybridized carbons (Fsp3) is 0.286. The number of nitrogens with zero attached hydrogens (tertiary/aromatic N) is 2. The van der Waals surface area contributed by atoms with Crippen molar-refractivity contribution in [2.75, 3.05) is 23.3 Å². The summed E-state index contributed by atoms with van der Waals surface area (Å²) in [5, 5.41) is 3.06. The summed E-state index contributed by atoms with van der Waals surface area (Å²) in [4.78, 5) is 17.3. The first-order chi connectivity index (χ1) is 12.2. The molecule has 0 radical (unpaired) electrons. The zero-order valence-corrected chi connectivity index (χ0v) is 14.7. The van der Waals surface area contributed by atoms with E-state index in [0.29, 0.717) is 6.54 Å². The van der Waals surface area contributed by atoms with E-state index in [0.717, 1.165) is 29.9 Å². The van der Waals surface area contributed by atoms with E-state index in [4.69, 9.17) is 0 Å². The van der Waals surface area contributed by atoms with Gasteiger partial charge < -0.3 is 10.2 Å². The first-order valence-electron chi connectivity index (χ1n) is 8.96. The van der Waals surface area contributed by atoms with Gasteiger partial charge in [0.15, 0.2) is 5.66 Å². The second kappa shape index (κ2) is 5.96. The maximum absolute atomic E-state index is 12.9. The number of fused-ring (bicyclic) bond motifs is 3. The van der Waals surface area contributed by atoms with E-state index < -0.39 is 5.66 Å². The molecule has 4 heteroatoms. The average molecular weight is 333 g/mol. The van der Waals surface area contributed by atoms with Crippen LogP contribution in [0.25, 0.3) is 6.08 Å². The molecule has 0 saturated carbocycles. The number of benzene rings is 2. The molecule has 2 aliphatic rings. The van der Waals surface area contributed by atoms with Gasteiger partial charge in [0.2, 0.25) is 0 Å². The number of urea groups is 1. The zero-order valence-electron chi connectivity index (χ0n) is 14.7. The lowest BCUT2D eigenvalue weighted by Crippen LogP contribution is -2.63. The molecule has 1 N–H and O–H groups in total. The summed E-state index contributed by atoms with van der Waals surface area (Å²) in [6, 6.07) is 16.5. The Labute approximate surface area is 148 Å². The molecule has 4 nitrogen and oxygen atoms in total. The number of carbonyl (C=O) groups is 1. The van der Waals surface area contributed by atoms with Crippen molar-refractivity contribution in [1.29, 1.82) is 0 Å². The third kappa shape index (κ3) is 2.17. The van der Waals surface area contributed by atoms with E-state index in [1.807, 2.05) is 23.1 Å². The van der Waals surface area contributed by atoms with Crippen LogP contribution in [-0.4, -0.2) is 24.0 Å². The molecule has 2 amide bonds. The summed E-state index contributed by atoms with van der Waals surface area (Å²) in [5.41, 5.74) is 3.78. The van der Waals surface area contributed by atoms with Gasteiger partial charge in [0, 0.05) is 24.3 Å². The first kappa shape index (κ1) is 15.8. The molecule has 0 aromatic heterocycles. The molecular weight excluding hydrogens is 310 g/mol. The number of para-hydroxylation sites is 2. The van der Waals surface area contributed by atoms with Gasteiger partial charge in [0.05, 0.1) is 5.69 Å². The van der Waals surface area contributed by atoms with Crippen LogP contribution in [0.4, 0.5) is 16.2 Å². The van der Waals surface area contributed by atoms with Crippen LogP contribution in [0.2, 0.25) is 0 Å². The third-order valence-corrected chi connectivity index (χ3v) is 5.12. The summed E-state index contributed by atoms with van der Waals surface area (Å²) < 4.78 is 0. The van der Waals surface area contributed by atoms with Crippen LogP contribution >= 0.6 is 0 Å². The molecule has 4 rings (SSSR count). The Hall–Kier alpha value is -2.75. The van der Waals surface area contributed by atoms with E-state index in [1.165, 1.54) is 5.56 Å². The van der Waals surface area contributed by atoms with Gasteiger partial charge in [0.25, 0.3) is 0 Å². The van der Waals surface area contributed by atoms with Gasteiger partial charge in [-0.25, -0.2) is 4.79 Å². The molecule has 2 aliphatic heterocycles. The van der Waals surface area contributed by atoms with Gasteiger partial charge in [-0.1, -0.05) is 49.4 Å². The minimum absolute atomic E-state index is 0.0389. The van der Waals surface area contributed by atoms with Gasteiger partial charge in [0.1, 0.15) is 0 Å². The van der Waals surface area contributed by atoms with Crippen LogP contribution in [0, 0.1) is 0 Å². The van der Waals surface area contributed by atoms with E-state index in [-0.39, 0.29) is 6.03 Å². The van der Waals surface area contributed by atoms with Crippen LogP contribution in [0.1, 0.15) is 31.4 Å². The summed E-state index contributed by atoms with van der Waals surface area (Å²) >= 11 is 0. The maximum atomic E-state index is 12.9. The number of hydrogen-bond acceptors (Lipinski definition) is 2. The molecule has 2 aromatic rings. The van der Waals surface area contributed by atoms with Crippen LogP contribution < -0.4 is 10.2 Å². The standard InChI is InChI=1S/C21H23N3O/c1-3-15-24-20(25)22-18-11-7-6-10-17(18)21(24)14-13-16-9-5-8-12-19(16)23(21)4-2/h5-14H,3-4,15H2,1-2H3,(H,22,25). The SMILES string of the molecule is CCCN1C(=O)Nc2ccccc2C12C=Cc1ccccc1N2CC. The second-order valence-electron chi connectivity index (χ2n) is 6.49. The molecule has 0 saturated heterocycles. The zero-order chi connectivity index (χ0) is 17.4. The lowest BCUT2D eigenvalue weighted by molar-refractivity contribution is 0.144. The summed E-state index contributed by atoms with van der Waals surface area (Å²) in [7, 11) is 0. The minimum atomic E-state index is -0.585. The lowest BCUT2D eigenvalue weighted by Gasteiger charge is -2.54. The molecule has 0 bridgehead atoms. The van der Waals surface area contributed by atoms with Crippen molar-refractivity contribution in [2.24, 2.45) is 0 Å².